The molecular weight excluding hydrogens is 542 g/mol. The highest BCUT2D eigenvalue weighted by molar-refractivity contribution is 5.73. The van der Waals surface area contributed by atoms with E-state index in [1.165, 1.54) is 19.1 Å². The zero-order chi connectivity index (χ0) is 29.4. The van der Waals surface area contributed by atoms with Gasteiger partial charge in [-0.2, -0.15) is 5.10 Å². The van der Waals surface area contributed by atoms with Crippen LogP contribution in [0.4, 0.5) is 8.78 Å². The average Bonchev–Trinajstić information content (AvgIpc) is 3.60. The van der Waals surface area contributed by atoms with E-state index < -0.39 is 11.6 Å². The molecule has 1 saturated carbocycles. The molecule has 220 valence electrons. The molecule has 2 aliphatic rings. The van der Waals surface area contributed by atoms with Gasteiger partial charge < -0.3 is 20.5 Å². The van der Waals surface area contributed by atoms with Crippen molar-refractivity contribution >= 4 is 11.4 Å². The fourth-order valence-electron chi connectivity index (χ4n) is 6.33. The predicted octanol–water partition coefficient (Wildman–Crippen LogP) is 4.17. The molecule has 4 heterocycles. The van der Waals surface area contributed by atoms with Gasteiger partial charge in [0.05, 0.1) is 36.2 Å². The summed E-state index contributed by atoms with van der Waals surface area (Å²) in [4.78, 5) is 20.6. The lowest BCUT2D eigenvalue weighted by atomic mass is 9.72. The molecule has 1 aliphatic carbocycles. The second-order valence-corrected chi connectivity index (χ2v) is 11.4. The Morgan fingerprint density at radius 3 is 2.71 bits per heavy atom. The van der Waals surface area contributed by atoms with Crippen LogP contribution in [0.1, 0.15) is 56.0 Å². The molecule has 1 amide bonds. The van der Waals surface area contributed by atoms with Crippen LogP contribution in [0.25, 0.3) is 16.8 Å². The number of benzene rings is 1. The maximum atomic E-state index is 15.2. The number of carbonyl (C=O) groups excluding carboxylic acids is 1. The monoisotopic (exact) mass is 576 g/mol. The first kappa shape index (κ1) is 28.2. The number of amides is 1. The van der Waals surface area contributed by atoms with Crippen molar-refractivity contribution in [2.24, 2.45) is 11.7 Å². The van der Waals surface area contributed by atoms with E-state index in [4.69, 9.17) is 15.2 Å². The zero-order valence-electron chi connectivity index (χ0n) is 23.6. The molecule has 0 radical (unpaired) electrons. The van der Waals surface area contributed by atoms with Crippen LogP contribution in [0.2, 0.25) is 0 Å². The maximum Gasteiger partial charge on any atom is 0.217 e. The summed E-state index contributed by atoms with van der Waals surface area (Å²) in [7, 11) is 0. The summed E-state index contributed by atoms with van der Waals surface area (Å²) in [6.45, 7) is 4.59. The average molecular weight is 577 g/mol. The molecular formula is C31H34F2N6O3. The molecule has 1 aliphatic heterocycles. The van der Waals surface area contributed by atoms with Crippen LogP contribution in [0.15, 0.2) is 48.9 Å². The number of nitrogens with two attached hydrogens (primary N) is 1. The Balaban J connectivity index is 1.27. The first-order valence-corrected chi connectivity index (χ1v) is 14.3. The van der Waals surface area contributed by atoms with Gasteiger partial charge in [-0.25, -0.2) is 18.3 Å². The van der Waals surface area contributed by atoms with Gasteiger partial charge in [0.25, 0.3) is 0 Å². The SMILES string of the molecule is CC(=O)N[C@@H]1[C@H](N)C[C@H](c2ccncc2Cc2ncc3ccc(-c4c(F)cc(OC5CCOC5)cc4F)nn23)C[C@@H]1C. The summed E-state index contributed by atoms with van der Waals surface area (Å²) in [5, 5.41) is 7.60. The third-order valence-corrected chi connectivity index (χ3v) is 8.30. The topological polar surface area (TPSA) is 117 Å². The summed E-state index contributed by atoms with van der Waals surface area (Å²) < 4.78 is 43.0. The molecule has 1 saturated heterocycles. The normalized spacial score (nSPS) is 24.2. The molecule has 0 spiro atoms. The van der Waals surface area contributed by atoms with Gasteiger partial charge in [0, 0.05) is 56.4 Å². The highest BCUT2D eigenvalue weighted by Gasteiger charge is 2.35. The summed E-state index contributed by atoms with van der Waals surface area (Å²) in [5.41, 5.74) is 9.25. The third kappa shape index (κ3) is 5.71. The van der Waals surface area contributed by atoms with Crippen LogP contribution in [0.5, 0.6) is 5.75 Å². The van der Waals surface area contributed by atoms with E-state index in [0.717, 1.165) is 24.0 Å². The fraction of sp³-hybridized carbons (Fsp3) is 0.419. The van der Waals surface area contributed by atoms with Crippen LogP contribution < -0.4 is 15.8 Å². The lowest BCUT2D eigenvalue weighted by Crippen LogP contribution is -2.54. The molecule has 1 unspecified atom stereocenters. The highest BCUT2D eigenvalue weighted by Crippen LogP contribution is 2.38. The Morgan fingerprint density at radius 1 is 1.19 bits per heavy atom. The Labute approximate surface area is 242 Å². The lowest BCUT2D eigenvalue weighted by molar-refractivity contribution is -0.120. The standard InChI is InChI=1S/C31H34F2N6O3/c1-17-9-19(10-27(34)31(17)37-18(2)40)24-5-7-35-14-20(24)11-29-36-15-21-3-4-28(38-39(21)29)30-25(32)12-23(13-26(30)33)42-22-6-8-41-16-22/h3-5,7,12-15,17,19,22,27,31H,6,8-11,16,34H2,1-2H3,(H,37,40)/t17-,19+,22?,27+,31-/m0/s1. The van der Waals surface area contributed by atoms with Crippen molar-refractivity contribution in [1.29, 1.82) is 0 Å². The van der Waals surface area contributed by atoms with Crippen molar-refractivity contribution in [3.8, 4) is 17.0 Å². The van der Waals surface area contributed by atoms with Crippen LogP contribution in [0, 0.1) is 17.6 Å². The minimum atomic E-state index is -0.757. The Morgan fingerprint density at radius 2 is 2.00 bits per heavy atom. The number of nitrogens with zero attached hydrogens (tertiary/aromatic N) is 4. The van der Waals surface area contributed by atoms with Gasteiger partial charge in [0.15, 0.2) is 0 Å². The third-order valence-electron chi connectivity index (χ3n) is 8.30. The molecule has 2 fully saturated rings. The van der Waals surface area contributed by atoms with Crippen LogP contribution in [-0.2, 0) is 16.0 Å². The summed E-state index contributed by atoms with van der Waals surface area (Å²) in [6.07, 6.45) is 7.75. The summed E-state index contributed by atoms with van der Waals surface area (Å²) in [5.74, 6) is -0.461. The fourth-order valence-corrected chi connectivity index (χ4v) is 6.33. The van der Waals surface area contributed by atoms with E-state index >= 15 is 8.78 Å². The molecule has 3 N–H and O–H groups in total. The van der Waals surface area contributed by atoms with E-state index in [-0.39, 0.29) is 52.9 Å². The zero-order valence-corrected chi connectivity index (χ0v) is 23.6. The highest BCUT2D eigenvalue weighted by atomic mass is 19.1. The van der Waals surface area contributed by atoms with Crippen molar-refractivity contribution in [3.05, 3.63) is 77.5 Å². The van der Waals surface area contributed by atoms with Gasteiger partial charge in [-0.3, -0.25) is 9.78 Å². The molecule has 1 aromatic carbocycles. The van der Waals surface area contributed by atoms with Crippen LogP contribution in [0.3, 0.4) is 0 Å². The first-order valence-electron chi connectivity index (χ1n) is 14.3. The molecule has 6 rings (SSSR count). The smallest absolute Gasteiger partial charge is 0.217 e. The molecule has 0 bridgehead atoms. The molecule has 4 aromatic rings. The van der Waals surface area contributed by atoms with E-state index in [9.17, 15) is 4.79 Å². The number of pyridine rings is 1. The van der Waals surface area contributed by atoms with Gasteiger partial charge in [0.2, 0.25) is 5.91 Å². The van der Waals surface area contributed by atoms with Crippen molar-refractivity contribution in [2.75, 3.05) is 13.2 Å². The quantitative estimate of drug-likeness (QED) is 0.339. The Bertz CT molecular complexity index is 1570. The maximum absolute atomic E-state index is 15.2. The van der Waals surface area contributed by atoms with E-state index in [2.05, 4.69) is 27.3 Å². The molecule has 3 aromatic heterocycles. The Kier molecular flexibility index (Phi) is 7.87. The second kappa shape index (κ2) is 11.7. The minimum Gasteiger partial charge on any atom is -0.488 e. The lowest BCUT2D eigenvalue weighted by Gasteiger charge is -2.39. The number of rotatable bonds is 7. The van der Waals surface area contributed by atoms with Crippen molar-refractivity contribution < 1.29 is 23.0 Å². The predicted molar refractivity (Wildman–Crippen MR) is 152 cm³/mol. The number of hydrogen-bond acceptors (Lipinski definition) is 7. The van der Waals surface area contributed by atoms with Gasteiger partial charge in [-0.05, 0) is 54.0 Å². The van der Waals surface area contributed by atoms with Gasteiger partial charge in [-0.15, -0.1) is 0 Å². The molecule has 11 heteroatoms. The van der Waals surface area contributed by atoms with Gasteiger partial charge in [-0.1, -0.05) is 6.92 Å². The number of carbonyl (C=O) groups is 1. The van der Waals surface area contributed by atoms with Crippen LogP contribution >= 0.6 is 0 Å². The van der Waals surface area contributed by atoms with Gasteiger partial charge >= 0.3 is 0 Å². The number of fused-ring (bicyclic) bond motifs is 1. The number of halogens is 2. The summed E-state index contributed by atoms with van der Waals surface area (Å²) >= 11 is 0. The first-order chi connectivity index (χ1) is 20.3. The number of imidazole rings is 1. The number of aromatic nitrogens is 4. The summed E-state index contributed by atoms with van der Waals surface area (Å²) in [6, 6.07) is 7.47. The van der Waals surface area contributed by atoms with Crippen molar-refractivity contribution in [2.45, 2.75) is 63.6 Å². The van der Waals surface area contributed by atoms with Gasteiger partial charge in [0.1, 0.15) is 29.3 Å². The molecule has 42 heavy (non-hydrogen) atoms. The number of nitrogens with one attached hydrogen (secondary N) is 1. The van der Waals surface area contributed by atoms with Crippen molar-refractivity contribution in [1.82, 2.24) is 24.9 Å². The number of ether oxygens (including phenoxy) is 2. The van der Waals surface area contributed by atoms with E-state index in [1.54, 1.807) is 29.0 Å². The van der Waals surface area contributed by atoms with Crippen LogP contribution in [-0.4, -0.2) is 56.9 Å². The van der Waals surface area contributed by atoms with E-state index in [1.807, 2.05) is 12.3 Å². The molecule has 5 atom stereocenters. The van der Waals surface area contributed by atoms with Crippen molar-refractivity contribution in [3.63, 3.8) is 0 Å². The second-order valence-electron chi connectivity index (χ2n) is 11.4. The molecule has 9 nitrogen and oxygen atoms in total. The Hall–Kier alpha value is -3.96. The largest absolute Gasteiger partial charge is 0.488 e. The van der Waals surface area contributed by atoms with E-state index in [0.29, 0.717) is 37.4 Å². The number of hydrogen-bond donors (Lipinski definition) is 2. The minimum absolute atomic E-state index is 0.0685.